The van der Waals surface area contributed by atoms with Crippen LogP contribution in [-0.4, -0.2) is 59.6 Å². The van der Waals surface area contributed by atoms with Crippen LogP contribution in [0.4, 0.5) is 4.79 Å². The molecule has 0 radical (unpaired) electrons. The molecule has 0 aliphatic carbocycles. The van der Waals surface area contributed by atoms with Crippen LogP contribution < -0.4 is 14.8 Å². The van der Waals surface area contributed by atoms with Crippen molar-refractivity contribution in [3.05, 3.63) is 23.8 Å². The van der Waals surface area contributed by atoms with Crippen molar-refractivity contribution < 1.29 is 23.9 Å². The van der Waals surface area contributed by atoms with Crippen LogP contribution in [-0.2, 0) is 16.0 Å². The average Bonchev–Trinajstić information content (AvgIpc) is 3.20. The molecule has 1 saturated heterocycles. The molecule has 1 atom stereocenters. The number of hydrogen-bond acceptors (Lipinski definition) is 5. The lowest BCUT2D eigenvalue weighted by atomic mass is 9.92. The van der Waals surface area contributed by atoms with E-state index in [0.717, 1.165) is 23.3 Å². The molecular formula is C20H27N3O5. The number of urea groups is 1. The number of unbranched alkanes of at least 4 members (excludes halogenated alkanes) is 1. The molecule has 8 heteroatoms. The van der Waals surface area contributed by atoms with Gasteiger partial charge in [-0.3, -0.25) is 14.5 Å². The van der Waals surface area contributed by atoms with Gasteiger partial charge in [0.15, 0.2) is 11.5 Å². The van der Waals surface area contributed by atoms with Crippen LogP contribution in [0.3, 0.4) is 0 Å². The van der Waals surface area contributed by atoms with E-state index in [1.165, 1.54) is 0 Å². The van der Waals surface area contributed by atoms with Gasteiger partial charge in [-0.1, -0.05) is 19.4 Å². The van der Waals surface area contributed by atoms with Gasteiger partial charge in [-0.05, 0) is 38.0 Å². The maximum Gasteiger partial charge on any atom is 0.325 e. The molecule has 4 amide bonds. The monoisotopic (exact) mass is 389 g/mol. The number of benzene rings is 1. The minimum absolute atomic E-state index is 0.174. The summed E-state index contributed by atoms with van der Waals surface area (Å²) >= 11 is 0. The predicted molar refractivity (Wildman–Crippen MR) is 102 cm³/mol. The fourth-order valence-electron chi connectivity index (χ4n) is 3.51. The second-order valence-corrected chi connectivity index (χ2v) is 7.34. The fourth-order valence-corrected chi connectivity index (χ4v) is 3.51. The first-order chi connectivity index (χ1) is 13.4. The van der Waals surface area contributed by atoms with Crippen molar-refractivity contribution in [1.29, 1.82) is 0 Å². The number of nitrogens with one attached hydrogen (secondary N) is 1. The van der Waals surface area contributed by atoms with E-state index in [0.29, 0.717) is 31.0 Å². The number of likely N-dealkylation sites (N-methyl/N-ethyl adjacent to an activating group) is 1. The fraction of sp³-hybridized carbons (Fsp3) is 0.550. The Morgan fingerprint density at radius 2 is 2.00 bits per heavy atom. The Kier molecular flexibility index (Phi) is 5.76. The highest BCUT2D eigenvalue weighted by molar-refractivity contribution is 6.08. The summed E-state index contributed by atoms with van der Waals surface area (Å²) in [7, 11) is 0. The van der Waals surface area contributed by atoms with Gasteiger partial charge >= 0.3 is 6.03 Å². The third kappa shape index (κ3) is 3.90. The van der Waals surface area contributed by atoms with E-state index >= 15 is 0 Å². The van der Waals surface area contributed by atoms with E-state index in [1.807, 2.05) is 19.1 Å². The molecule has 2 aliphatic rings. The summed E-state index contributed by atoms with van der Waals surface area (Å²) in [6.07, 6.45) is 2.16. The summed E-state index contributed by atoms with van der Waals surface area (Å²) in [5.74, 6) is 0.677. The van der Waals surface area contributed by atoms with E-state index in [4.69, 9.17) is 9.47 Å². The van der Waals surface area contributed by atoms with Crippen molar-refractivity contribution in [2.24, 2.45) is 0 Å². The number of fused-ring (bicyclic) bond motifs is 1. The molecule has 0 aromatic heterocycles. The molecule has 28 heavy (non-hydrogen) atoms. The van der Waals surface area contributed by atoms with Gasteiger partial charge in [0, 0.05) is 19.5 Å². The van der Waals surface area contributed by atoms with Crippen LogP contribution >= 0.6 is 0 Å². The van der Waals surface area contributed by atoms with E-state index in [1.54, 1.807) is 17.9 Å². The third-order valence-corrected chi connectivity index (χ3v) is 5.15. The lowest BCUT2D eigenvalue weighted by molar-refractivity contribution is -0.138. The standard InChI is InChI=1S/C20H27N3O5/c1-4-6-9-22(5-2)17(24)12-23-18(25)20(3,21-19(23)26)11-14-7-8-15-16(10-14)28-13-27-15/h7-8,10H,4-6,9,11-13H2,1-3H3,(H,21,26)/t20-/m1/s1. The summed E-state index contributed by atoms with van der Waals surface area (Å²) in [6.45, 7) is 6.74. The number of imide groups is 1. The van der Waals surface area contributed by atoms with Gasteiger partial charge < -0.3 is 19.7 Å². The molecule has 8 nitrogen and oxygen atoms in total. The van der Waals surface area contributed by atoms with Crippen LogP contribution in [0.15, 0.2) is 18.2 Å². The zero-order valence-electron chi connectivity index (χ0n) is 16.6. The number of ether oxygens (including phenoxy) is 2. The Morgan fingerprint density at radius 3 is 2.71 bits per heavy atom. The maximum absolute atomic E-state index is 13.0. The molecule has 0 saturated carbocycles. The molecule has 0 unspecified atom stereocenters. The van der Waals surface area contributed by atoms with Crippen molar-refractivity contribution in [1.82, 2.24) is 15.1 Å². The Hall–Kier alpha value is -2.77. The second kappa shape index (κ2) is 8.08. The first kappa shape index (κ1) is 20.0. The smallest absolute Gasteiger partial charge is 0.325 e. The molecule has 2 aliphatic heterocycles. The van der Waals surface area contributed by atoms with Gasteiger partial charge in [0.1, 0.15) is 12.1 Å². The molecule has 152 valence electrons. The van der Waals surface area contributed by atoms with Crippen molar-refractivity contribution >= 4 is 17.8 Å². The van der Waals surface area contributed by atoms with Crippen LogP contribution in [0, 0.1) is 0 Å². The lowest BCUT2D eigenvalue weighted by Gasteiger charge is -2.24. The van der Waals surface area contributed by atoms with Gasteiger partial charge in [0.2, 0.25) is 12.7 Å². The third-order valence-electron chi connectivity index (χ3n) is 5.15. The van der Waals surface area contributed by atoms with Crippen molar-refractivity contribution in [2.45, 2.75) is 45.6 Å². The van der Waals surface area contributed by atoms with Gasteiger partial charge in [-0.25, -0.2) is 4.79 Å². The Balaban J connectivity index is 1.69. The SMILES string of the molecule is CCCCN(CC)C(=O)CN1C(=O)N[C@](C)(Cc2ccc3c(c2)OCO3)C1=O. The topological polar surface area (TPSA) is 88.2 Å². The molecule has 2 heterocycles. The molecule has 1 N–H and O–H groups in total. The number of carbonyl (C=O) groups is 3. The van der Waals surface area contributed by atoms with Crippen LogP contribution in [0.1, 0.15) is 39.2 Å². The number of amides is 4. The normalized spacial score (nSPS) is 20.5. The highest BCUT2D eigenvalue weighted by Crippen LogP contribution is 2.34. The van der Waals surface area contributed by atoms with Crippen molar-refractivity contribution in [3.8, 4) is 11.5 Å². The van der Waals surface area contributed by atoms with E-state index in [2.05, 4.69) is 12.2 Å². The van der Waals surface area contributed by atoms with Gasteiger partial charge in [-0.2, -0.15) is 0 Å². The number of nitrogens with zero attached hydrogens (tertiary/aromatic N) is 2. The second-order valence-electron chi connectivity index (χ2n) is 7.34. The van der Waals surface area contributed by atoms with Crippen LogP contribution in [0.2, 0.25) is 0 Å². The van der Waals surface area contributed by atoms with E-state index in [-0.39, 0.29) is 19.2 Å². The van der Waals surface area contributed by atoms with Gasteiger partial charge in [0.25, 0.3) is 5.91 Å². The Bertz CT molecular complexity index is 781. The number of rotatable bonds is 8. The van der Waals surface area contributed by atoms with Crippen molar-refractivity contribution in [3.63, 3.8) is 0 Å². The van der Waals surface area contributed by atoms with Crippen LogP contribution in [0.25, 0.3) is 0 Å². The zero-order chi connectivity index (χ0) is 20.3. The molecule has 0 spiro atoms. The van der Waals surface area contributed by atoms with Gasteiger partial charge in [-0.15, -0.1) is 0 Å². The van der Waals surface area contributed by atoms with E-state index in [9.17, 15) is 14.4 Å². The quantitative estimate of drug-likeness (QED) is 0.686. The van der Waals surface area contributed by atoms with Crippen molar-refractivity contribution in [2.75, 3.05) is 26.4 Å². The number of carbonyl (C=O) groups excluding carboxylic acids is 3. The summed E-state index contributed by atoms with van der Waals surface area (Å²) < 4.78 is 10.7. The maximum atomic E-state index is 13.0. The first-order valence-electron chi connectivity index (χ1n) is 9.68. The molecule has 3 rings (SSSR count). The Labute approximate surface area is 164 Å². The average molecular weight is 389 g/mol. The molecule has 0 bridgehead atoms. The number of hydrogen-bond donors (Lipinski definition) is 1. The summed E-state index contributed by atoms with van der Waals surface area (Å²) in [4.78, 5) is 40.6. The van der Waals surface area contributed by atoms with E-state index < -0.39 is 17.5 Å². The molecule has 1 aromatic rings. The lowest BCUT2D eigenvalue weighted by Crippen LogP contribution is -2.47. The Morgan fingerprint density at radius 1 is 1.25 bits per heavy atom. The van der Waals surface area contributed by atoms with Crippen LogP contribution in [0.5, 0.6) is 11.5 Å². The summed E-state index contributed by atoms with van der Waals surface area (Å²) in [5.41, 5.74) is -0.266. The van der Waals surface area contributed by atoms with Gasteiger partial charge in [0.05, 0.1) is 0 Å². The first-order valence-corrected chi connectivity index (χ1v) is 9.68. The molecule has 1 aromatic carbocycles. The molecular weight excluding hydrogens is 362 g/mol. The predicted octanol–water partition coefficient (Wildman–Crippen LogP) is 1.92. The molecule has 1 fully saturated rings. The minimum atomic E-state index is -1.11. The highest BCUT2D eigenvalue weighted by Gasteiger charge is 2.48. The minimum Gasteiger partial charge on any atom is -0.454 e. The summed E-state index contributed by atoms with van der Waals surface area (Å²) in [5, 5.41) is 2.75. The zero-order valence-corrected chi connectivity index (χ0v) is 16.6. The summed E-state index contributed by atoms with van der Waals surface area (Å²) in [6, 6.07) is 4.91. The largest absolute Gasteiger partial charge is 0.454 e. The highest BCUT2D eigenvalue weighted by atomic mass is 16.7.